The summed E-state index contributed by atoms with van der Waals surface area (Å²) in [6, 6.07) is 20.2. The van der Waals surface area contributed by atoms with Crippen molar-refractivity contribution in [1.29, 1.82) is 0 Å². The maximum atomic E-state index is 9.24. The molecule has 0 fully saturated rings. The molecule has 210 valence electrons. The SMILES string of the molecule is [2H]c1c([2H])c(-n2c3c([2H])c([2H])c([2H])c([2H])c3c3c([2H])c([2H])c([2H])c([2H])c32)c([2H])c([2H])c1-c1ccc(-n2c3ccccc3c3ccc4c5ccccc5oc4c32)cc1. The normalized spacial score (nSPS) is 15.7. The zero-order valence-corrected chi connectivity index (χ0v) is 23.4. The molecule has 0 aliphatic carbocycles. The molecule has 0 radical (unpaired) electrons. The average Bonchev–Trinajstić information content (AvgIpc) is 3.89. The van der Waals surface area contributed by atoms with Crippen molar-refractivity contribution in [1.82, 2.24) is 9.13 Å². The van der Waals surface area contributed by atoms with Gasteiger partial charge in [0.1, 0.15) is 5.58 Å². The zero-order valence-electron chi connectivity index (χ0n) is 35.4. The molecule has 0 aliphatic heterocycles. The summed E-state index contributed by atoms with van der Waals surface area (Å²) in [4.78, 5) is 0. The van der Waals surface area contributed by atoms with Crippen LogP contribution in [-0.4, -0.2) is 9.13 Å². The largest absolute Gasteiger partial charge is 0.454 e. The predicted molar refractivity (Wildman–Crippen MR) is 188 cm³/mol. The van der Waals surface area contributed by atoms with Gasteiger partial charge in [-0.2, -0.15) is 0 Å². The molecule has 3 heterocycles. The van der Waals surface area contributed by atoms with Crippen molar-refractivity contribution >= 4 is 65.6 Å². The van der Waals surface area contributed by atoms with Gasteiger partial charge in [0, 0.05) is 43.7 Å². The smallest absolute Gasteiger partial charge is 0.160 e. The van der Waals surface area contributed by atoms with Crippen molar-refractivity contribution in [2.75, 3.05) is 0 Å². The van der Waals surface area contributed by atoms with Gasteiger partial charge in [-0.1, -0.05) is 103 Å². The Morgan fingerprint density at radius 1 is 0.422 bits per heavy atom. The van der Waals surface area contributed by atoms with Crippen LogP contribution in [0.1, 0.15) is 16.4 Å². The first kappa shape index (κ1) is 15.6. The zero-order chi connectivity index (χ0) is 39.9. The molecule has 0 N–H and O–H groups in total. The molecule has 0 spiro atoms. The molecule has 3 heteroatoms. The summed E-state index contributed by atoms with van der Waals surface area (Å²) >= 11 is 0. The number of hydrogen-bond donors (Lipinski definition) is 0. The van der Waals surface area contributed by atoms with E-state index in [2.05, 4.69) is 22.8 Å². The molecule has 0 unspecified atom stereocenters. The van der Waals surface area contributed by atoms with Gasteiger partial charge >= 0.3 is 0 Å². The van der Waals surface area contributed by atoms with Gasteiger partial charge in [0.15, 0.2) is 5.58 Å². The molecule has 45 heavy (non-hydrogen) atoms. The lowest BCUT2D eigenvalue weighted by molar-refractivity contribution is 0.671. The van der Waals surface area contributed by atoms with Crippen molar-refractivity contribution in [2.24, 2.45) is 0 Å². The van der Waals surface area contributed by atoms with E-state index in [0.29, 0.717) is 5.56 Å². The Morgan fingerprint density at radius 3 is 1.82 bits per heavy atom. The van der Waals surface area contributed by atoms with Gasteiger partial charge in [-0.25, -0.2) is 0 Å². The molecule has 0 aliphatic rings. The first-order valence-corrected chi connectivity index (χ1v) is 14.4. The molecule has 10 aromatic rings. The van der Waals surface area contributed by atoms with E-state index in [0.717, 1.165) is 54.0 Å². The van der Waals surface area contributed by atoms with Gasteiger partial charge in [-0.15, -0.1) is 0 Å². The highest BCUT2D eigenvalue weighted by Gasteiger charge is 2.19. The molecule has 7 aromatic carbocycles. The van der Waals surface area contributed by atoms with Crippen LogP contribution in [0.3, 0.4) is 0 Å². The number of aromatic nitrogens is 2. The lowest BCUT2D eigenvalue weighted by atomic mass is 10.0. The van der Waals surface area contributed by atoms with E-state index in [4.69, 9.17) is 15.4 Å². The number of hydrogen-bond acceptors (Lipinski definition) is 1. The molecule has 0 saturated heterocycles. The lowest BCUT2D eigenvalue weighted by Gasteiger charge is -2.11. The first-order chi connectivity index (χ1) is 27.3. The summed E-state index contributed by atoms with van der Waals surface area (Å²) in [6.45, 7) is 0. The van der Waals surface area contributed by atoms with E-state index in [1.165, 1.54) is 0 Å². The van der Waals surface area contributed by atoms with Gasteiger partial charge in [-0.05, 0) is 65.6 Å². The number of furan rings is 1. The third kappa shape index (κ3) is 3.46. The third-order valence-corrected chi connectivity index (χ3v) is 8.46. The molecule has 0 bridgehead atoms. The minimum Gasteiger partial charge on any atom is -0.454 e. The first-order valence-electron chi connectivity index (χ1n) is 20.4. The fraction of sp³-hybridized carbons (Fsp3) is 0. The van der Waals surface area contributed by atoms with E-state index in [1.54, 1.807) is 12.1 Å². The molecule has 3 nitrogen and oxygen atoms in total. The van der Waals surface area contributed by atoms with Gasteiger partial charge < -0.3 is 13.6 Å². The summed E-state index contributed by atoms with van der Waals surface area (Å²) < 4.78 is 115. The quantitative estimate of drug-likeness (QED) is 0.202. The lowest BCUT2D eigenvalue weighted by Crippen LogP contribution is -1.95. The number of nitrogens with zero attached hydrogens (tertiary/aromatic N) is 2. The second-order valence-corrected chi connectivity index (χ2v) is 10.8. The summed E-state index contributed by atoms with van der Waals surface area (Å²) in [5.41, 5.74) is 3.42. The molecule has 3 aromatic heterocycles. The number of rotatable bonds is 3. The Hall–Kier alpha value is -6.06. The van der Waals surface area contributed by atoms with Gasteiger partial charge in [0.05, 0.1) is 38.5 Å². The second-order valence-electron chi connectivity index (χ2n) is 10.8. The van der Waals surface area contributed by atoms with E-state index in [1.807, 2.05) is 54.6 Å². The fourth-order valence-corrected chi connectivity index (χ4v) is 6.48. The van der Waals surface area contributed by atoms with Crippen LogP contribution >= 0.6 is 0 Å². The summed E-state index contributed by atoms with van der Waals surface area (Å²) in [6.07, 6.45) is 0. The van der Waals surface area contributed by atoms with Crippen LogP contribution in [-0.2, 0) is 0 Å². The van der Waals surface area contributed by atoms with Crippen molar-refractivity contribution in [3.8, 4) is 22.5 Å². The molecular formula is C42H26N2O. The third-order valence-electron chi connectivity index (χ3n) is 8.46. The van der Waals surface area contributed by atoms with Crippen LogP contribution in [0, 0.1) is 0 Å². The highest BCUT2D eigenvalue weighted by molar-refractivity contribution is 6.21. The van der Waals surface area contributed by atoms with Gasteiger partial charge in [0.2, 0.25) is 0 Å². The number of fused-ring (bicyclic) bond motifs is 10. The maximum absolute atomic E-state index is 9.24. The van der Waals surface area contributed by atoms with Crippen molar-refractivity contribution in [3.05, 3.63) is 157 Å². The Kier molecular flexibility index (Phi) is 3.20. The highest BCUT2D eigenvalue weighted by atomic mass is 16.3. The predicted octanol–water partition coefficient (Wildman–Crippen LogP) is 11.4. The molecule has 0 amide bonds. The summed E-state index contributed by atoms with van der Waals surface area (Å²) in [7, 11) is 0. The molecule has 0 saturated carbocycles. The average molecular weight is 587 g/mol. The van der Waals surface area contributed by atoms with Crippen LogP contribution in [0.15, 0.2) is 162 Å². The van der Waals surface area contributed by atoms with E-state index in [-0.39, 0.29) is 27.4 Å². The Morgan fingerprint density at radius 2 is 1.07 bits per heavy atom. The van der Waals surface area contributed by atoms with Crippen molar-refractivity contribution in [3.63, 3.8) is 0 Å². The fourth-order valence-electron chi connectivity index (χ4n) is 6.48. The molecular weight excluding hydrogens is 548 g/mol. The molecule has 10 rings (SSSR count). The number of benzene rings is 7. The van der Waals surface area contributed by atoms with Crippen LogP contribution in [0.5, 0.6) is 0 Å². The van der Waals surface area contributed by atoms with E-state index in [9.17, 15) is 5.48 Å². The monoisotopic (exact) mass is 586 g/mol. The Bertz CT molecular complexity index is 3330. The minimum atomic E-state index is -0.650. The van der Waals surface area contributed by atoms with Gasteiger partial charge in [-0.3, -0.25) is 0 Å². The number of para-hydroxylation sites is 4. The second kappa shape index (κ2) is 9.22. The van der Waals surface area contributed by atoms with Crippen molar-refractivity contribution in [2.45, 2.75) is 0 Å². The Labute approximate surface area is 275 Å². The van der Waals surface area contributed by atoms with Crippen LogP contribution in [0.2, 0.25) is 0 Å². The van der Waals surface area contributed by atoms with E-state index < -0.39 is 78.2 Å². The van der Waals surface area contributed by atoms with E-state index >= 15 is 0 Å². The van der Waals surface area contributed by atoms with Gasteiger partial charge in [0.25, 0.3) is 0 Å². The standard InChI is InChI=1S/C42H26N2O/c1-5-13-37-31(9-1)32-10-2-6-14-38(32)43(37)29-21-17-27(18-22-29)28-19-23-30(24-20-28)44-39-15-7-3-11-33(39)35-25-26-36-34-12-4-8-16-40(34)45-42(36)41(35)44/h1-26H/i1D,2D,5D,6D,9D,10D,13D,14D,17D,18D,21D,22D. The van der Waals surface area contributed by atoms with Crippen LogP contribution < -0.4 is 0 Å². The minimum absolute atomic E-state index is 0.0215. The summed E-state index contributed by atoms with van der Waals surface area (Å²) in [5, 5.41) is 3.55. The maximum Gasteiger partial charge on any atom is 0.160 e. The summed E-state index contributed by atoms with van der Waals surface area (Å²) in [5.74, 6) is 0. The molecule has 0 atom stereocenters. The van der Waals surface area contributed by atoms with Crippen LogP contribution in [0.25, 0.3) is 88.1 Å². The van der Waals surface area contributed by atoms with Crippen LogP contribution in [0.4, 0.5) is 0 Å². The van der Waals surface area contributed by atoms with Crippen molar-refractivity contribution < 1.29 is 20.9 Å². The Balaban J connectivity index is 1.20. The highest BCUT2D eigenvalue weighted by Crippen LogP contribution is 2.40. The topological polar surface area (TPSA) is 23.0 Å².